The molecule has 5 nitrogen and oxygen atoms in total. The molecule has 0 aromatic carbocycles. The van der Waals surface area contributed by atoms with Crippen LogP contribution < -0.4 is 5.32 Å². The van der Waals surface area contributed by atoms with Crippen LogP contribution in [-0.2, 0) is 0 Å². The minimum atomic E-state index is -0.414. The molecule has 0 bridgehead atoms. The molecule has 0 saturated carbocycles. The third-order valence-electron chi connectivity index (χ3n) is 2.27. The lowest BCUT2D eigenvalue weighted by Crippen LogP contribution is -2.17. The van der Waals surface area contributed by atoms with Crippen LogP contribution in [0.15, 0.2) is 18.3 Å². The maximum atomic E-state index is 10.8. The van der Waals surface area contributed by atoms with Crippen LogP contribution in [0.4, 0.5) is 11.5 Å². The summed E-state index contributed by atoms with van der Waals surface area (Å²) in [6.07, 6.45) is 2.52. The summed E-state index contributed by atoms with van der Waals surface area (Å²) in [5, 5.41) is 13.9. The highest BCUT2D eigenvalue weighted by atomic mass is 32.2. The van der Waals surface area contributed by atoms with Crippen LogP contribution >= 0.6 is 11.8 Å². The molecule has 0 amide bonds. The second-order valence-corrected chi connectivity index (χ2v) is 5.05. The molecule has 0 saturated heterocycles. The molecule has 1 N–H and O–H groups in total. The van der Waals surface area contributed by atoms with Crippen molar-refractivity contribution in [3.8, 4) is 0 Å². The van der Waals surface area contributed by atoms with Gasteiger partial charge in [0.1, 0.15) is 0 Å². The van der Waals surface area contributed by atoms with Gasteiger partial charge in [0.05, 0.1) is 4.92 Å². The van der Waals surface area contributed by atoms with Crippen LogP contribution in [0, 0.1) is 10.1 Å². The van der Waals surface area contributed by atoms with Crippen molar-refractivity contribution in [2.75, 3.05) is 16.8 Å². The molecule has 0 fully saturated rings. The minimum Gasteiger partial charge on any atom is -0.362 e. The van der Waals surface area contributed by atoms with Crippen molar-refractivity contribution >= 4 is 23.3 Å². The van der Waals surface area contributed by atoms with E-state index >= 15 is 0 Å². The monoisotopic (exact) mass is 255 g/mol. The number of rotatable bonds is 7. The van der Waals surface area contributed by atoms with E-state index in [0.717, 1.165) is 17.9 Å². The van der Waals surface area contributed by atoms with Crippen LogP contribution in [0.5, 0.6) is 0 Å². The predicted molar refractivity (Wildman–Crippen MR) is 71.6 cm³/mol. The van der Waals surface area contributed by atoms with Crippen molar-refractivity contribution in [1.29, 1.82) is 0 Å². The standard InChI is InChI=1S/C11H17N3O2S/c1-3-17-8-6-9(2)13-11-10(14(15)16)5-4-7-12-11/h4-5,7,9H,3,6,8H2,1-2H3,(H,12,13). The van der Waals surface area contributed by atoms with Crippen LogP contribution in [-0.4, -0.2) is 27.5 Å². The molecule has 1 aromatic rings. The number of thioether (sulfide) groups is 1. The normalized spacial score (nSPS) is 12.1. The van der Waals surface area contributed by atoms with E-state index in [0.29, 0.717) is 5.82 Å². The van der Waals surface area contributed by atoms with Gasteiger partial charge in [-0.3, -0.25) is 10.1 Å². The van der Waals surface area contributed by atoms with Crippen LogP contribution in [0.3, 0.4) is 0 Å². The maximum Gasteiger partial charge on any atom is 0.311 e. The Morgan fingerprint density at radius 3 is 3.06 bits per heavy atom. The lowest BCUT2D eigenvalue weighted by atomic mass is 10.2. The topological polar surface area (TPSA) is 68.1 Å². The average molecular weight is 255 g/mol. The van der Waals surface area contributed by atoms with Crippen molar-refractivity contribution in [1.82, 2.24) is 4.98 Å². The van der Waals surface area contributed by atoms with Crippen LogP contribution in [0.1, 0.15) is 20.3 Å². The fourth-order valence-electron chi connectivity index (χ4n) is 1.37. The predicted octanol–water partition coefficient (Wildman–Crippen LogP) is 2.93. The van der Waals surface area contributed by atoms with E-state index in [2.05, 4.69) is 17.2 Å². The van der Waals surface area contributed by atoms with Gasteiger partial charge in [0.2, 0.25) is 5.82 Å². The Bertz CT molecular complexity index is 373. The minimum absolute atomic E-state index is 0.0301. The summed E-state index contributed by atoms with van der Waals surface area (Å²) in [4.78, 5) is 14.4. The summed E-state index contributed by atoms with van der Waals surface area (Å²) in [6, 6.07) is 3.21. The summed E-state index contributed by atoms with van der Waals surface area (Å²) in [5.74, 6) is 2.49. The molecule has 0 aliphatic carbocycles. The summed E-state index contributed by atoms with van der Waals surface area (Å²) in [5.41, 5.74) is 0.0301. The Morgan fingerprint density at radius 2 is 2.41 bits per heavy atom. The van der Waals surface area contributed by atoms with Crippen LogP contribution in [0.2, 0.25) is 0 Å². The highest BCUT2D eigenvalue weighted by Gasteiger charge is 2.15. The van der Waals surface area contributed by atoms with E-state index < -0.39 is 4.92 Å². The van der Waals surface area contributed by atoms with Gasteiger partial charge in [-0.05, 0) is 30.9 Å². The van der Waals surface area contributed by atoms with Crippen molar-refractivity contribution in [3.63, 3.8) is 0 Å². The van der Waals surface area contributed by atoms with E-state index in [-0.39, 0.29) is 11.7 Å². The Hall–Kier alpha value is -1.30. The zero-order valence-electron chi connectivity index (χ0n) is 10.0. The van der Waals surface area contributed by atoms with E-state index in [4.69, 9.17) is 0 Å². The van der Waals surface area contributed by atoms with Gasteiger partial charge >= 0.3 is 5.69 Å². The molecule has 6 heteroatoms. The summed E-state index contributed by atoms with van der Waals surface area (Å²) in [7, 11) is 0. The van der Waals surface area contributed by atoms with Gasteiger partial charge in [0.25, 0.3) is 0 Å². The van der Waals surface area contributed by atoms with E-state index in [1.54, 1.807) is 12.3 Å². The van der Waals surface area contributed by atoms with Crippen LogP contribution in [0.25, 0.3) is 0 Å². The average Bonchev–Trinajstić information content (AvgIpc) is 2.29. The first-order valence-electron chi connectivity index (χ1n) is 5.58. The smallest absolute Gasteiger partial charge is 0.311 e. The quantitative estimate of drug-likeness (QED) is 0.461. The lowest BCUT2D eigenvalue weighted by Gasteiger charge is -2.13. The number of hydrogen-bond donors (Lipinski definition) is 1. The molecular weight excluding hydrogens is 238 g/mol. The van der Waals surface area contributed by atoms with Crippen molar-refractivity contribution in [2.45, 2.75) is 26.3 Å². The lowest BCUT2D eigenvalue weighted by molar-refractivity contribution is -0.384. The molecule has 1 atom stereocenters. The van der Waals surface area contributed by atoms with E-state index in [9.17, 15) is 10.1 Å². The molecule has 1 unspecified atom stereocenters. The van der Waals surface area contributed by atoms with Crippen molar-refractivity contribution in [3.05, 3.63) is 28.4 Å². The van der Waals surface area contributed by atoms with Gasteiger partial charge in [-0.15, -0.1) is 0 Å². The van der Waals surface area contributed by atoms with Gasteiger partial charge in [0.15, 0.2) is 0 Å². The zero-order chi connectivity index (χ0) is 12.7. The number of nitrogens with one attached hydrogen (secondary N) is 1. The number of anilines is 1. The zero-order valence-corrected chi connectivity index (χ0v) is 10.9. The van der Waals surface area contributed by atoms with Gasteiger partial charge in [-0.2, -0.15) is 11.8 Å². The number of pyridine rings is 1. The Balaban J connectivity index is 2.58. The van der Waals surface area contributed by atoms with Gasteiger partial charge in [-0.1, -0.05) is 6.92 Å². The molecule has 0 radical (unpaired) electrons. The van der Waals surface area contributed by atoms with Crippen molar-refractivity contribution < 1.29 is 4.92 Å². The highest BCUT2D eigenvalue weighted by Crippen LogP contribution is 2.21. The third kappa shape index (κ3) is 4.60. The maximum absolute atomic E-state index is 10.8. The number of nitro groups is 1. The Labute approximate surface area is 105 Å². The summed E-state index contributed by atoms with van der Waals surface area (Å²) >= 11 is 1.86. The number of aromatic nitrogens is 1. The van der Waals surface area contributed by atoms with E-state index in [1.807, 2.05) is 18.7 Å². The molecule has 0 aliphatic rings. The van der Waals surface area contributed by atoms with Gasteiger partial charge < -0.3 is 5.32 Å². The first kappa shape index (κ1) is 13.8. The second-order valence-electron chi connectivity index (χ2n) is 3.66. The summed E-state index contributed by atoms with van der Waals surface area (Å²) < 4.78 is 0. The third-order valence-corrected chi connectivity index (χ3v) is 3.20. The number of hydrogen-bond acceptors (Lipinski definition) is 5. The largest absolute Gasteiger partial charge is 0.362 e. The SMILES string of the molecule is CCSCCC(C)Nc1ncccc1[N+](=O)[O-]. The Kier molecular flexibility index (Phi) is 5.76. The molecule has 0 aliphatic heterocycles. The molecule has 17 heavy (non-hydrogen) atoms. The van der Waals surface area contributed by atoms with Gasteiger partial charge in [0, 0.05) is 18.3 Å². The molecule has 1 heterocycles. The van der Waals surface area contributed by atoms with Crippen molar-refractivity contribution in [2.24, 2.45) is 0 Å². The second kappa shape index (κ2) is 7.11. The molecular formula is C11H17N3O2S. The first-order chi connectivity index (χ1) is 8.15. The summed E-state index contributed by atoms with van der Waals surface area (Å²) in [6.45, 7) is 4.13. The molecule has 94 valence electrons. The fourth-order valence-corrected chi connectivity index (χ4v) is 2.17. The van der Waals surface area contributed by atoms with E-state index in [1.165, 1.54) is 6.07 Å². The first-order valence-corrected chi connectivity index (χ1v) is 6.74. The Morgan fingerprint density at radius 1 is 1.65 bits per heavy atom. The fraction of sp³-hybridized carbons (Fsp3) is 0.545. The molecule has 0 spiro atoms. The molecule has 1 aromatic heterocycles. The molecule has 1 rings (SSSR count). The number of nitrogens with zero attached hydrogens (tertiary/aromatic N) is 2. The highest BCUT2D eigenvalue weighted by molar-refractivity contribution is 7.99. The van der Waals surface area contributed by atoms with Gasteiger partial charge in [-0.25, -0.2) is 4.98 Å².